The Morgan fingerprint density at radius 3 is 1.93 bits per heavy atom. The molecule has 0 amide bonds. The normalized spacial score (nSPS) is 8.80. The molecular formula is C14H14Pd. The molecule has 0 aromatic heterocycles. The van der Waals surface area contributed by atoms with Crippen molar-refractivity contribution < 1.29 is 20.4 Å². The molecule has 2 aromatic carbocycles. The van der Waals surface area contributed by atoms with Gasteiger partial charge in [-0.3, -0.25) is 0 Å². The van der Waals surface area contributed by atoms with E-state index in [2.05, 4.69) is 6.92 Å². The van der Waals surface area contributed by atoms with Gasteiger partial charge >= 0.3 is 20.4 Å². The van der Waals surface area contributed by atoms with Crippen molar-refractivity contribution in [2.24, 2.45) is 0 Å². The summed E-state index contributed by atoms with van der Waals surface area (Å²) in [6.45, 7) is 3.60. The summed E-state index contributed by atoms with van der Waals surface area (Å²) < 4.78 is 0. The van der Waals surface area contributed by atoms with Gasteiger partial charge in [0.25, 0.3) is 0 Å². The smallest absolute Gasteiger partial charge is 0.245 e. The molecule has 80 valence electrons. The van der Waals surface area contributed by atoms with Gasteiger partial charge in [0.2, 0.25) is 0 Å². The molecule has 0 saturated heterocycles. The largest absolute Gasteiger partial charge is 2.00 e. The summed E-state index contributed by atoms with van der Waals surface area (Å²) in [5.74, 6) is 0. The summed E-state index contributed by atoms with van der Waals surface area (Å²) in [7, 11) is 0. The van der Waals surface area contributed by atoms with E-state index in [4.69, 9.17) is 0 Å². The van der Waals surface area contributed by atoms with E-state index in [1.807, 2.05) is 66.7 Å². The topological polar surface area (TPSA) is 0 Å². The Hall–Kier alpha value is -1.16. The number of rotatable bonds is 1. The van der Waals surface area contributed by atoms with Gasteiger partial charge in [0, 0.05) is 0 Å². The van der Waals surface area contributed by atoms with Crippen LogP contribution in [0.1, 0.15) is 5.56 Å². The van der Waals surface area contributed by atoms with Crippen molar-refractivity contribution in [2.45, 2.75) is 0 Å². The molecule has 0 nitrogen and oxygen atoms in total. The Bertz CT molecular complexity index is 316. The molecular weight excluding hydrogens is 275 g/mol. The summed E-state index contributed by atoms with van der Waals surface area (Å²) in [5, 5.41) is 0. The number of benzene rings is 1. The zero-order chi connectivity index (χ0) is 10.1. The Labute approximate surface area is 106 Å². The van der Waals surface area contributed by atoms with Crippen LogP contribution in [0.4, 0.5) is 0 Å². The Kier molecular flexibility index (Phi) is 8.67. The first kappa shape index (κ1) is 13.8. The molecule has 0 radical (unpaired) electrons. The molecule has 15 heavy (non-hydrogen) atoms. The van der Waals surface area contributed by atoms with E-state index in [9.17, 15) is 0 Å². The quantitative estimate of drug-likeness (QED) is 0.551. The van der Waals surface area contributed by atoms with Gasteiger partial charge in [-0.2, -0.15) is 18.2 Å². The van der Waals surface area contributed by atoms with E-state index in [0.29, 0.717) is 0 Å². The predicted octanol–water partition coefficient (Wildman–Crippen LogP) is 3.94. The molecule has 0 spiro atoms. The third-order valence-electron chi connectivity index (χ3n) is 1.67. The SMILES string of the molecule is [CH2-]/C=C/c1ccccc1.[Pd+2].c1cc[cH-]c1. The molecule has 2 rings (SSSR count). The second-order valence-electron chi connectivity index (χ2n) is 2.78. The fourth-order valence-electron chi connectivity index (χ4n) is 1.02. The third-order valence-corrected chi connectivity index (χ3v) is 1.67. The molecule has 0 aliphatic carbocycles. The van der Waals surface area contributed by atoms with Crippen molar-refractivity contribution in [2.75, 3.05) is 0 Å². The third kappa shape index (κ3) is 6.85. The molecule has 1 heteroatoms. The van der Waals surface area contributed by atoms with E-state index in [0.717, 1.165) is 0 Å². The Morgan fingerprint density at radius 1 is 0.933 bits per heavy atom. The van der Waals surface area contributed by atoms with Crippen molar-refractivity contribution in [3.8, 4) is 0 Å². The average Bonchev–Trinajstić information content (AvgIpc) is 2.78. The van der Waals surface area contributed by atoms with Gasteiger partial charge in [0.05, 0.1) is 0 Å². The first-order chi connectivity index (χ1) is 6.93. The second-order valence-corrected chi connectivity index (χ2v) is 2.78. The molecule has 0 bridgehead atoms. The maximum Gasteiger partial charge on any atom is 2.00 e. The molecule has 0 unspecified atom stereocenters. The Morgan fingerprint density at radius 2 is 1.53 bits per heavy atom. The minimum absolute atomic E-state index is 0. The standard InChI is InChI=1S/C9H9.C5H5.Pd/c1-2-6-9-7-4-3-5-8-9;1-2-4-5-3-1;/h2-8H,1H2;1-5H;/q2*-1;+2/b6-2+;;. The van der Waals surface area contributed by atoms with Gasteiger partial charge in [-0.05, 0) is 0 Å². The molecule has 0 aliphatic heterocycles. The fourth-order valence-corrected chi connectivity index (χ4v) is 1.02. The summed E-state index contributed by atoms with van der Waals surface area (Å²) in [5.41, 5.74) is 1.20. The monoisotopic (exact) mass is 288 g/mol. The molecule has 0 aliphatic rings. The zero-order valence-corrected chi connectivity index (χ0v) is 10.0. The van der Waals surface area contributed by atoms with Crippen LogP contribution < -0.4 is 0 Å². The van der Waals surface area contributed by atoms with E-state index >= 15 is 0 Å². The van der Waals surface area contributed by atoms with Crippen LogP contribution in [-0.2, 0) is 20.4 Å². The number of allylic oxidation sites excluding steroid dienone is 1. The van der Waals surface area contributed by atoms with E-state index in [1.165, 1.54) is 5.56 Å². The summed E-state index contributed by atoms with van der Waals surface area (Å²) in [4.78, 5) is 0. The van der Waals surface area contributed by atoms with E-state index < -0.39 is 0 Å². The molecule has 0 saturated carbocycles. The molecule has 0 atom stereocenters. The van der Waals surface area contributed by atoms with Crippen LogP contribution in [0.2, 0.25) is 0 Å². The average molecular weight is 289 g/mol. The Balaban J connectivity index is 0.000000280. The molecule has 0 fully saturated rings. The van der Waals surface area contributed by atoms with Crippen molar-refractivity contribution in [1.29, 1.82) is 0 Å². The van der Waals surface area contributed by atoms with Crippen LogP contribution >= 0.6 is 0 Å². The van der Waals surface area contributed by atoms with Crippen molar-refractivity contribution in [1.82, 2.24) is 0 Å². The van der Waals surface area contributed by atoms with Gasteiger partial charge in [0.1, 0.15) is 0 Å². The second kappa shape index (κ2) is 9.40. The van der Waals surface area contributed by atoms with Crippen LogP contribution in [0.5, 0.6) is 0 Å². The predicted molar refractivity (Wildman–Crippen MR) is 62.9 cm³/mol. The fraction of sp³-hybridized carbons (Fsp3) is 0. The van der Waals surface area contributed by atoms with Gasteiger partial charge in [-0.15, -0.1) is 5.56 Å². The summed E-state index contributed by atoms with van der Waals surface area (Å²) in [6, 6.07) is 20.1. The van der Waals surface area contributed by atoms with Crippen LogP contribution in [0.15, 0.2) is 66.7 Å². The molecule has 0 N–H and O–H groups in total. The number of hydrogen-bond acceptors (Lipinski definition) is 0. The van der Waals surface area contributed by atoms with Crippen LogP contribution in [0, 0.1) is 6.92 Å². The van der Waals surface area contributed by atoms with Crippen molar-refractivity contribution in [3.63, 3.8) is 0 Å². The summed E-state index contributed by atoms with van der Waals surface area (Å²) >= 11 is 0. The van der Waals surface area contributed by atoms with Gasteiger partial charge in [-0.1, -0.05) is 30.3 Å². The van der Waals surface area contributed by atoms with Gasteiger partial charge < -0.3 is 0 Å². The summed E-state index contributed by atoms with van der Waals surface area (Å²) in [6.07, 6.45) is 3.76. The maximum absolute atomic E-state index is 3.60. The minimum Gasteiger partial charge on any atom is -0.245 e. The van der Waals surface area contributed by atoms with Crippen LogP contribution in [0.3, 0.4) is 0 Å². The first-order valence-corrected chi connectivity index (χ1v) is 4.61. The van der Waals surface area contributed by atoms with Gasteiger partial charge in [0.15, 0.2) is 0 Å². The maximum atomic E-state index is 3.60. The van der Waals surface area contributed by atoms with Crippen LogP contribution in [0.25, 0.3) is 6.08 Å². The molecule has 2 aromatic rings. The minimum atomic E-state index is 0. The van der Waals surface area contributed by atoms with Crippen LogP contribution in [-0.4, -0.2) is 0 Å². The number of hydrogen-bond donors (Lipinski definition) is 0. The van der Waals surface area contributed by atoms with E-state index in [-0.39, 0.29) is 20.4 Å². The van der Waals surface area contributed by atoms with E-state index in [1.54, 1.807) is 6.08 Å². The first-order valence-electron chi connectivity index (χ1n) is 4.61. The zero-order valence-electron chi connectivity index (χ0n) is 8.45. The van der Waals surface area contributed by atoms with Crippen molar-refractivity contribution in [3.05, 3.63) is 79.2 Å². The van der Waals surface area contributed by atoms with Gasteiger partial charge in [-0.25, -0.2) is 31.2 Å². The molecule has 0 heterocycles. The van der Waals surface area contributed by atoms with Crippen molar-refractivity contribution >= 4 is 6.08 Å².